The van der Waals surface area contributed by atoms with E-state index in [1.54, 1.807) is 0 Å². The molecule has 0 radical (unpaired) electrons. The Hall–Kier alpha value is -2.59. The lowest BCUT2D eigenvalue weighted by Gasteiger charge is -2.31. The number of nitrogens with zero attached hydrogens (tertiary/aromatic N) is 1. The monoisotopic (exact) mass is 405 g/mol. The smallest absolute Gasteiger partial charge is 0.263 e. The quantitative estimate of drug-likeness (QED) is 0.524. The van der Waals surface area contributed by atoms with Gasteiger partial charge in [-0.15, -0.1) is 11.3 Å². The highest BCUT2D eigenvalue weighted by atomic mass is 32.1. The highest BCUT2D eigenvalue weighted by Crippen LogP contribution is 2.25. The lowest BCUT2D eigenvalue weighted by Crippen LogP contribution is -2.38. The fourth-order valence-corrected chi connectivity index (χ4v) is 4.74. The number of piperidine rings is 1. The average Bonchev–Trinajstić information content (AvgIpc) is 3.22. The molecule has 0 bridgehead atoms. The van der Waals surface area contributed by atoms with Gasteiger partial charge in [-0.2, -0.15) is 0 Å². The number of aryl methyl sites for hydroxylation is 1. The van der Waals surface area contributed by atoms with Crippen LogP contribution in [-0.2, 0) is 13.0 Å². The minimum absolute atomic E-state index is 0.162. The Labute approximate surface area is 176 Å². The number of benzene rings is 2. The number of ether oxygens (including phenoxy) is 1. The van der Waals surface area contributed by atoms with Crippen LogP contribution in [0.1, 0.15) is 39.2 Å². The van der Waals surface area contributed by atoms with Crippen molar-refractivity contribution in [2.45, 2.75) is 32.8 Å². The normalized spacial score (nSPS) is 14.7. The summed E-state index contributed by atoms with van der Waals surface area (Å²) in [5.74, 6) is 1.70. The number of amides is 1. The van der Waals surface area contributed by atoms with Crippen LogP contribution in [0, 0.1) is 12.8 Å². The minimum Gasteiger partial charge on any atom is -0.489 e. The molecule has 3 nitrogen and oxygen atoms in total. The van der Waals surface area contributed by atoms with Crippen LogP contribution in [0.15, 0.2) is 66.0 Å². The molecule has 0 aliphatic carbocycles. The second-order valence-corrected chi connectivity index (χ2v) is 8.76. The lowest BCUT2D eigenvalue weighted by atomic mass is 9.90. The van der Waals surface area contributed by atoms with Crippen LogP contribution in [0.4, 0.5) is 0 Å². The van der Waals surface area contributed by atoms with Crippen LogP contribution < -0.4 is 4.74 Å². The molecule has 1 aliphatic rings. The molecule has 29 heavy (non-hydrogen) atoms. The SMILES string of the molecule is Cc1cccc(OCc2csc(C(=O)N3CCC(Cc4ccccc4)CC3)c2)c1. The zero-order valence-electron chi connectivity index (χ0n) is 16.8. The Morgan fingerprint density at radius 2 is 1.83 bits per heavy atom. The van der Waals surface area contributed by atoms with Gasteiger partial charge >= 0.3 is 0 Å². The fourth-order valence-electron chi connectivity index (χ4n) is 3.88. The summed E-state index contributed by atoms with van der Waals surface area (Å²) in [5, 5.41) is 2.03. The van der Waals surface area contributed by atoms with Crippen LogP contribution in [0.5, 0.6) is 5.75 Å². The van der Waals surface area contributed by atoms with Crippen molar-refractivity contribution in [2.75, 3.05) is 13.1 Å². The first-order valence-electron chi connectivity index (χ1n) is 10.3. The van der Waals surface area contributed by atoms with Crippen molar-refractivity contribution in [3.8, 4) is 5.75 Å². The van der Waals surface area contributed by atoms with Crippen molar-refractivity contribution in [1.82, 2.24) is 4.90 Å². The van der Waals surface area contributed by atoms with Gasteiger partial charge in [0, 0.05) is 18.7 Å². The van der Waals surface area contributed by atoms with E-state index in [0.717, 1.165) is 48.5 Å². The molecule has 0 spiro atoms. The topological polar surface area (TPSA) is 29.5 Å². The number of hydrogen-bond donors (Lipinski definition) is 0. The molecule has 1 amide bonds. The minimum atomic E-state index is 0.162. The van der Waals surface area contributed by atoms with Gasteiger partial charge in [0.1, 0.15) is 12.4 Å². The van der Waals surface area contributed by atoms with Crippen LogP contribution >= 0.6 is 11.3 Å². The number of rotatable bonds is 6. The standard InChI is InChI=1S/C25H27NO2S/c1-19-6-5-9-23(14-19)28-17-22-16-24(29-18-22)25(27)26-12-10-21(11-13-26)15-20-7-3-2-4-8-20/h2-9,14,16,18,21H,10-13,15,17H2,1H3. The van der Waals surface area contributed by atoms with E-state index in [4.69, 9.17) is 4.74 Å². The van der Waals surface area contributed by atoms with Gasteiger partial charge in [-0.3, -0.25) is 4.79 Å². The molecule has 150 valence electrons. The molecule has 4 heteroatoms. The van der Waals surface area contributed by atoms with E-state index in [-0.39, 0.29) is 5.91 Å². The number of likely N-dealkylation sites (tertiary alicyclic amines) is 1. The second-order valence-electron chi connectivity index (χ2n) is 7.85. The average molecular weight is 406 g/mol. The third-order valence-corrected chi connectivity index (χ3v) is 6.50. The van der Waals surface area contributed by atoms with Crippen molar-refractivity contribution >= 4 is 17.2 Å². The maximum absolute atomic E-state index is 12.9. The van der Waals surface area contributed by atoms with Gasteiger partial charge in [0.2, 0.25) is 0 Å². The van der Waals surface area contributed by atoms with Crippen molar-refractivity contribution in [1.29, 1.82) is 0 Å². The van der Waals surface area contributed by atoms with Crippen molar-refractivity contribution in [3.63, 3.8) is 0 Å². The predicted molar refractivity (Wildman–Crippen MR) is 119 cm³/mol. The summed E-state index contributed by atoms with van der Waals surface area (Å²) >= 11 is 1.52. The molecular weight excluding hydrogens is 378 g/mol. The first-order chi connectivity index (χ1) is 14.2. The molecule has 2 aromatic carbocycles. The summed E-state index contributed by atoms with van der Waals surface area (Å²) in [6.45, 7) is 4.25. The zero-order chi connectivity index (χ0) is 20.1. The van der Waals surface area contributed by atoms with E-state index in [9.17, 15) is 4.79 Å². The Morgan fingerprint density at radius 3 is 2.59 bits per heavy atom. The van der Waals surface area contributed by atoms with Gasteiger partial charge in [-0.1, -0.05) is 42.5 Å². The molecule has 0 saturated carbocycles. The Morgan fingerprint density at radius 1 is 1.03 bits per heavy atom. The number of carbonyl (C=O) groups is 1. The summed E-state index contributed by atoms with van der Waals surface area (Å²) in [6, 6.07) is 20.7. The van der Waals surface area contributed by atoms with Crippen molar-refractivity contribution in [3.05, 3.63) is 87.6 Å². The maximum atomic E-state index is 12.9. The fraction of sp³-hybridized carbons (Fsp3) is 0.320. The number of hydrogen-bond acceptors (Lipinski definition) is 3. The van der Waals surface area contributed by atoms with Crippen LogP contribution in [0.25, 0.3) is 0 Å². The molecule has 1 aromatic heterocycles. The molecule has 4 rings (SSSR count). The van der Waals surface area contributed by atoms with E-state index in [1.807, 2.05) is 34.5 Å². The molecule has 3 aromatic rings. The molecule has 0 N–H and O–H groups in total. The maximum Gasteiger partial charge on any atom is 0.263 e. The largest absolute Gasteiger partial charge is 0.489 e. The summed E-state index contributed by atoms with van der Waals surface area (Å²) in [6.07, 6.45) is 3.27. The molecule has 2 heterocycles. The number of thiophene rings is 1. The van der Waals surface area contributed by atoms with E-state index in [0.29, 0.717) is 12.5 Å². The Kier molecular flexibility index (Phi) is 6.30. The number of carbonyl (C=O) groups excluding carboxylic acids is 1. The first kappa shape index (κ1) is 19.7. The molecule has 1 saturated heterocycles. The summed E-state index contributed by atoms with van der Waals surface area (Å²) in [4.78, 5) is 15.7. The predicted octanol–water partition coefficient (Wildman–Crippen LogP) is 5.73. The van der Waals surface area contributed by atoms with Crippen LogP contribution in [0.2, 0.25) is 0 Å². The van der Waals surface area contributed by atoms with Gasteiger partial charge in [-0.25, -0.2) is 0 Å². The van der Waals surface area contributed by atoms with E-state index < -0.39 is 0 Å². The van der Waals surface area contributed by atoms with E-state index in [2.05, 4.69) is 43.3 Å². The van der Waals surface area contributed by atoms with Gasteiger partial charge in [-0.05, 0) is 66.8 Å². The Bertz CT molecular complexity index is 942. The molecule has 0 unspecified atom stereocenters. The van der Waals surface area contributed by atoms with Crippen LogP contribution in [0.3, 0.4) is 0 Å². The van der Waals surface area contributed by atoms with Gasteiger partial charge in [0.15, 0.2) is 0 Å². The summed E-state index contributed by atoms with van der Waals surface area (Å²) < 4.78 is 5.86. The van der Waals surface area contributed by atoms with Crippen molar-refractivity contribution < 1.29 is 9.53 Å². The summed E-state index contributed by atoms with van der Waals surface area (Å²) in [5.41, 5.74) is 3.63. The van der Waals surface area contributed by atoms with Gasteiger partial charge in [0.05, 0.1) is 4.88 Å². The third-order valence-electron chi connectivity index (χ3n) is 5.53. The molecule has 0 atom stereocenters. The zero-order valence-corrected chi connectivity index (χ0v) is 17.7. The van der Waals surface area contributed by atoms with Crippen molar-refractivity contribution in [2.24, 2.45) is 5.92 Å². The van der Waals surface area contributed by atoms with Gasteiger partial charge < -0.3 is 9.64 Å². The van der Waals surface area contributed by atoms with Crippen LogP contribution in [-0.4, -0.2) is 23.9 Å². The summed E-state index contributed by atoms with van der Waals surface area (Å²) in [7, 11) is 0. The second kappa shape index (κ2) is 9.27. The van der Waals surface area contributed by atoms with E-state index in [1.165, 1.54) is 22.5 Å². The van der Waals surface area contributed by atoms with Gasteiger partial charge in [0.25, 0.3) is 5.91 Å². The highest BCUT2D eigenvalue weighted by Gasteiger charge is 2.24. The van der Waals surface area contributed by atoms with E-state index >= 15 is 0 Å². The molecule has 1 aliphatic heterocycles. The molecule has 1 fully saturated rings. The first-order valence-corrected chi connectivity index (χ1v) is 11.2. The Balaban J connectivity index is 1.28. The molecular formula is C25H27NO2S. The third kappa shape index (κ3) is 5.27. The highest BCUT2D eigenvalue weighted by molar-refractivity contribution is 7.12. The lowest BCUT2D eigenvalue weighted by molar-refractivity contribution is 0.0695.